The van der Waals surface area contributed by atoms with Crippen molar-refractivity contribution < 1.29 is 9.90 Å². The van der Waals surface area contributed by atoms with Crippen LogP contribution in [-0.2, 0) is 4.79 Å². The van der Waals surface area contributed by atoms with Crippen LogP contribution in [0, 0.1) is 5.92 Å². The molecular formula is C9H18O2S. The van der Waals surface area contributed by atoms with E-state index >= 15 is 0 Å². The molecule has 0 aliphatic rings. The highest BCUT2D eigenvalue weighted by Crippen LogP contribution is 2.25. The first kappa shape index (κ1) is 11.8. The number of thioether (sulfide) groups is 1. The number of hydrogen-bond donors (Lipinski definition) is 1. The summed E-state index contributed by atoms with van der Waals surface area (Å²) in [5, 5.41) is 9.05. The molecule has 0 aliphatic carbocycles. The number of carbonyl (C=O) groups is 1. The first-order valence-electron chi connectivity index (χ1n) is 4.37. The molecule has 0 bridgehead atoms. The van der Waals surface area contributed by atoms with Crippen molar-refractivity contribution in [3.8, 4) is 0 Å². The largest absolute Gasteiger partial charge is 0.480 e. The van der Waals surface area contributed by atoms with Gasteiger partial charge in [-0.25, -0.2) is 0 Å². The highest BCUT2D eigenvalue weighted by atomic mass is 32.2. The molecule has 0 fully saturated rings. The first-order chi connectivity index (χ1) is 5.49. The van der Waals surface area contributed by atoms with Crippen molar-refractivity contribution in [1.29, 1.82) is 0 Å². The smallest absolute Gasteiger partial charge is 0.316 e. The van der Waals surface area contributed by atoms with Gasteiger partial charge in [-0.1, -0.05) is 34.1 Å². The minimum absolute atomic E-state index is 0.241. The fraction of sp³-hybridized carbons (Fsp3) is 0.889. The Morgan fingerprint density at radius 1 is 1.42 bits per heavy atom. The molecule has 0 aromatic heterocycles. The molecule has 3 heteroatoms. The lowest BCUT2D eigenvalue weighted by atomic mass is 10.1. The van der Waals surface area contributed by atoms with E-state index < -0.39 is 5.97 Å². The lowest BCUT2D eigenvalue weighted by Gasteiger charge is -2.19. The Kier molecular flexibility index (Phi) is 5.38. The zero-order valence-electron chi connectivity index (χ0n) is 8.20. The van der Waals surface area contributed by atoms with Crippen molar-refractivity contribution >= 4 is 17.7 Å². The van der Waals surface area contributed by atoms with Gasteiger partial charge in [0.15, 0.2) is 0 Å². The van der Waals surface area contributed by atoms with Crippen molar-refractivity contribution in [2.24, 2.45) is 5.92 Å². The van der Waals surface area contributed by atoms with Gasteiger partial charge in [0.05, 0.1) is 0 Å². The van der Waals surface area contributed by atoms with Crippen LogP contribution in [0.25, 0.3) is 0 Å². The van der Waals surface area contributed by atoms with Crippen LogP contribution in [-0.4, -0.2) is 21.6 Å². The van der Waals surface area contributed by atoms with Crippen LogP contribution in [0.3, 0.4) is 0 Å². The van der Waals surface area contributed by atoms with E-state index in [-0.39, 0.29) is 11.2 Å². The van der Waals surface area contributed by atoms with Crippen LogP contribution in [0.4, 0.5) is 0 Å². The lowest BCUT2D eigenvalue weighted by Crippen LogP contribution is -2.25. The number of rotatable bonds is 5. The molecule has 12 heavy (non-hydrogen) atoms. The van der Waals surface area contributed by atoms with Crippen molar-refractivity contribution in [3.05, 3.63) is 0 Å². The first-order valence-corrected chi connectivity index (χ1v) is 5.31. The van der Waals surface area contributed by atoms with Gasteiger partial charge in [0.2, 0.25) is 0 Å². The Morgan fingerprint density at radius 2 is 1.92 bits per heavy atom. The van der Waals surface area contributed by atoms with Crippen LogP contribution in [0.15, 0.2) is 0 Å². The second-order valence-electron chi connectivity index (χ2n) is 3.33. The van der Waals surface area contributed by atoms with Crippen LogP contribution in [0.1, 0.15) is 34.1 Å². The number of hydrogen-bond acceptors (Lipinski definition) is 2. The SMILES string of the molecule is CCC(C)C(SC(C)C)C(=O)O. The molecular weight excluding hydrogens is 172 g/mol. The second kappa shape index (κ2) is 5.46. The summed E-state index contributed by atoms with van der Waals surface area (Å²) in [5.74, 6) is -0.419. The van der Waals surface area contributed by atoms with E-state index in [1.807, 2.05) is 27.7 Å². The van der Waals surface area contributed by atoms with Gasteiger partial charge in [-0.2, -0.15) is 0 Å². The minimum atomic E-state index is -0.678. The average Bonchev–Trinajstić information content (AvgIpc) is 1.98. The van der Waals surface area contributed by atoms with Crippen LogP contribution in [0.2, 0.25) is 0 Å². The Bertz CT molecular complexity index is 145. The predicted octanol–water partition coefficient (Wildman–Crippen LogP) is 2.63. The normalized spacial score (nSPS) is 16.1. The number of carboxylic acid groups (broad SMARTS) is 1. The van der Waals surface area contributed by atoms with Gasteiger partial charge in [0, 0.05) is 0 Å². The van der Waals surface area contributed by atoms with E-state index in [2.05, 4.69) is 0 Å². The second-order valence-corrected chi connectivity index (χ2v) is 5.05. The number of carboxylic acids is 1. The molecule has 0 aromatic rings. The molecule has 0 aliphatic heterocycles. The molecule has 0 saturated heterocycles. The summed E-state index contributed by atoms with van der Waals surface area (Å²) in [6.45, 7) is 8.08. The molecule has 0 spiro atoms. The molecule has 0 heterocycles. The van der Waals surface area contributed by atoms with Gasteiger partial charge >= 0.3 is 5.97 Å². The predicted molar refractivity (Wildman–Crippen MR) is 53.6 cm³/mol. The van der Waals surface area contributed by atoms with Crippen molar-refractivity contribution in [1.82, 2.24) is 0 Å². The summed E-state index contributed by atoms with van der Waals surface area (Å²) in [6, 6.07) is 0. The molecule has 0 radical (unpaired) electrons. The molecule has 0 rings (SSSR count). The highest BCUT2D eigenvalue weighted by molar-refractivity contribution is 8.01. The fourth-order valence-electron chi connectivity index (χ4n) is 0.943. The Hall–Kier alpha value is -0.180. The van der Waals surface area contributed by atoms with Crippen LogP contribution < -0.4 is 0 Å². The Balaban J connectivity index is 4.13. The monoisotopic (exact) mass is 190 g/mol. The summed E-state index contributed by atoms with van der Waals surface area (Å²) in [6.07, 6.45) is 0.927. The maximum atomic E-state index is 10.8. The maximum absolute atomic E-state index is 10.8. The Labute approximate surface area is 78.7 Å². The molecule has 1 N–H and O–H groups in total. The van der Waals surface area contributed by atoms with E-state index in [4.69, 9.17) is 5.11 Å². The number of aliphatic carboxylic acids is 1. The van der Waals surface area contributed by atoms with Crippen LogP contribution >= 0.6 is 11.8 Å². The zero-order chi connectivity index (χ0) is 9.72. The fourth-order valence-corrected chi connectivity index (χ4v) is 2.11. The summed E-state index contributed by atoms with van der Waals surface area (Å²) < 4.78 is 0. The van der Waals surface area contributed by atoms with Gasteiger partial charge in [-0.05, 0) is 11.2 Å². The third kappa shape index (κ3) is 4.00. The Morgan fingerprint density at radius 3 is 2.17 bits per heavy atom. The van der Waals surface area contributed by atoms with E-state index in [0.717, 1.165) is 6.42 Å². The third-order valence-electron chi connectivity index (χ3n) is 1.82. The highest BCUT2D eigenvalue weighted by Gasteiger charge is 2.24. The molecule has 0 saturated carbocycles. The standard InChI is InChI=1S/C9H18O2S/c1-5-7(4)8(9(10)11)12-6(2)3/h6-8H,5H2,1-4H3,(H,10,11). The summed E-state index contributed by atoms with van der Waals surface area (Å²) in [5.41, 5.74) is 0. The van der Waals surface area contributed by atoms with Gasteiger partial charge in [-0.3, -0.25) is 4.79 Å². The molecule has 72 valence electrons. The molecule has 2 atom stereocenters. The van der Waals surface area contributed by atoms with Gasteiger partial charge < -0.3 is 5.11 Å². The molecule has 2 unspecified atom stereocenters. The van der Waals surface area contributed by atoms with Gasteiger partial charge in [-0.15, -0.1) is 11.8 Å². The summed E-state index contributed by atoms with van der Waals surface area (Å²) >= 11 is 1.54. The molecule has 0 aromatic carbocycles. The molecule has 0 amide bonds. The van der Waals surface area contributed by atoms with Crippen molar-refractivity contribution in [2.45, 2.75) is 44.6 Å². The topological polar surface area (TPSA) is 37.3 Å². The molecule has 2 nitrogen and oxygen atoms in total. The van der Waals surface area contributed by atoms with E-state index in [1.54, 1.807) is 11.8 Å². The summed E-state index contributed by atoms with van der Waals surface area (Å²) in [7, 11) is 0. The average molecular weight is 190 g/mol. The summed E-state index contributed by atoms with van der Waals surface area (Å²) in [4.78, 5) is 10.8. The lowest BCUT2D eigenvalue weighted by molar-refractivity contribution is -0.137. The third-order valence-corrected chi connectivity index (χ3v) is 3.33. The van der Waals surface area contributed by atoms with Gasteiger partial charge in [0.25, 0.3) is 0 Å². The minimum Gasteiger partial charge on any atom is -0.480 e. The quantitative estimate of drug-likeness (QED) is 0.724. The van der Waals surface area contributed by atoms with Crippen LogP contribution in [0.5, 0.6) is 0 Å². The van der Waals surface area contributed by atoms with E-state index in [1.165, 1.54) is 0 Å². The van der Waals surface area contributed by atoms with E-state index in [0.29, 0.717) is 5.25 Å². The maximum Gasteiger partial charge on any atom is 0.316 e. The van der Waals surface area contributed by atoms with Crippen molar-refractivity contribution in [2.75, 3.05) is 0 Å². The van der Waals surface area contributed by atoms with Gasteiger partial charge in [0.1, 0.15) is 5.25 Å². The zero-order valence-corrected chi connectivity index (χ0v) is 9.02. The van der Waals surface area contributed by atoms with Crippen molar-refractivity contribution in [3.63, 3.8) is 0 Å². The van der Waals surface area contributed by atoms with E-state index in [9.17, 15) is 4.79 Å².